The number of nitrogens with zero attached hydrogens (tertiary/aromatic N) is 1. The lowest BCUT2D eigenvalue weighted by Gasteiger charge is -2.18. The molecule has 2 aromatic rings. The topological polar surface area (TPSA) is 49.4 Å². The maximum atomic E-state index is 13.7. The van der Waals surface area contributed by atoms with Crippen LogP contribution in [0, 0.1) is 0 Å². The number of hydrogen-bond donors (Lipinski definition) is 1. The highest BCUT2D eigenvalue weighted by Gasteiger charge is 2.39. The number of amides is 2. The number of allylic oxidation sites excluding steroid dienone is 1. The van der Waals surface area contributed by atoms with E-state index in [9.17, 15) is 22.8 Å². The molecule has 0 fully saturated rings. The zero-order valence-corrected chi connectivity index (χ0v) is 21.9. The number of benzene rings is 2. The average Bonchev–Trinajstić information content (AvgIpc) is 2.76. The molecule has 0 radical (unpaired) electrons. The van der Waals surface area contributed by atoms with E-state index in [0.717, 1.165) is 18.2 Å². The fourth-order valence-corrected chi connectivity index (χ4v) is 4.14. The second-order valence-electron chi connectivity index (χ2n) is 7.70. The molecule has 0 spiro atoms. The third kappa shape index (κ3) is 8.31. The van der Waals surface area contributed by atoms with Gasteiger partial charge < -0.3 is 10.2 Å². The minimum absolute atomic E-state index is 0.0232. The Kier molecular flexibility index (Phi) is 10.8. The second kappa shape index (κ2) is 12.9. The molecule has 1 atom stereocenters. The van der Waals surface area contributed by atoms with Crippen molar-refractivity contribution in [3.8, 4) is 0 Å². The van der Waals surface area contributed by atoms with Gasteiger partial charge in [0.2, 0.25) is 0 Å². The molecule has 0 aliphatic rings. The number of urea groups is 1. The van der Waals surface area contributed by atoms with E-state index in [1.54, 1.807) is 7.05 Å². The van der Waals surface area contributed by atoms with Crippen molar-refractivity contribution in [2.45, 2.75) is 31.9 Å². The van der Waals surface area contributed by atoms with Gasteiger partial charge in [0.05, 0.1) is 26.0 Å². The summed E-state index contributed by atoms with van der Waals surface area (Å²) in [6.07, 6.45) is -1.80. The lowest BCUT2D eigenvalue weighted by molar-refractivity contribution is -0.139. The highest BCUT2D eigenvalue weighted by Crippen LogP contribution is 2.41. The summed E-state index contributed by atoms with van der Waals surface area (Å²) in [5, 5.41) is 2.59. The van der Waals surface area contributed by atoms with E-state index in [1.165, 1.54) is 29.2 Å². The molecule has 11 heteroatoms. The molecular weight excluding hydrogens is 547 g/mol. The molecule has 0 bridgehead atoms. The number of carbonyl (C=O) groups is 2. The monoisotopic (exact) mass is 568 g/mol. The Morgan fingerprint density at radius 1 is 1.06 bits per heavy atom. The van der Waals surface area contributed by atoms with Crippen molar-refractivity contribution >= 4 is 64.3 Å². The summed E-state index contributed by atoms with van der Waals surface area (Å²) in [4.78, 5) is 25.7. The van der Waals surface area contributed by atoms with Crippen molar-refractivity contribution in [2.24, 2.45) is 0 Å². The predicted molar refractivity (Wildman–Crippen MR) is 136 cm³/mol. The van der Waals surface area contributed by atoms with E-state index in [0.29, 0.717) is 25.1 Å². The van der Waals surface area contributed by atoms with E-state index in [4.69, 9.17) is 46.4 Å². The molecule has 0 aromatic heterocycles. The Balaban J connectivity index is 2.14. The minimum atomic E-state index is -4.61. The molecule has 2 amide bonds. The minimum Gasteiger partial charge on any atom is -0.338 e. The molecule has 1 unspecified atom stereocenters. The number of hydrogen-bond acceptors (Lipinski definition) is 2. The van der Waals surface area contributed by atoms with Crippen LogP contribution in [-0.4, -0.2) is 43.0 Å². The van der Waals surface area contributed by atoms with Gasteiger partial charge in [0.15, 0.2) is 5.78 Å². The molecule has 0 aliphatic heterocycles. The van der Waals surface area contributed by atoms with Gasteiger partial charge in [-0.05, 0) is 48.7 Å². The summed E-state index contributed by atoms with van der Waals surface area (Å²) in [6, 6.07) is 6.41. The molecule has 0 aliphatic carbocycles. The van der Waals surface area contributed by atoms with E-state index >= 15 is 0 Å². The van der Waals surface area contributed by atoms with Crippen molar-refractivity contribution in [1.82, 2.24) is 10.2 Å². The lowest BCUT2D eigenvalue weighted by Crippen LogP contribution is -2.37. The number of rotatable bonds is 9. The Labute approximate surface area is 222 Å². The number of halogens is 7. The molecule has 0 saturated heterocycles. The number of nitrogens with one attached hydrogen (secondary N) is 1. The Morgan fingerprint density at radius 3 is 2.23 bits per heavy atom. The summed E-state index contributed by atoms with van der Waals surface area (Å²) in [5.41, 5.74) is 0.472. The van der Waals surface area contributed by atoms with Crippen LogP contribution in [0.2, 0.25) is 20.1 Å². The molecule has 2 aromatic carbocycles. The maximum absolute atomic E-state index is 13.7. The summed E-state index contributed by atoms with van der Waals surface area (Å²) in [5.74, 6) is -2.22. The quantitative estimate of drug-likeness (QED) is 0.244. The first-order chi connectivity index (χ1) is 16.3. The zero-order chi connectivity index (χ0) is 26.3. The van der Waals surface area contributed by atoms with Gasteiger partial charge in [-0.3, -0.25) is 4.79 Å². The summed E-state index contributed by atoms with van der Waals surface area (Å²) >= 11 is 23.9. The van der Waals surface area contributed by atoms with Crippen LogP contribution in [0.1, 0.15) is 47.2 Å². The van der Waals surface area contributed by atoms with Gasteiger partial charge in [-0.25, -0.2) is 4.79 Å². The molecule has 0 heterocycles. The summed E-state index contributed by atoms with van der Waals surface area (Å²) in [6.45, 7) is 2.69. The molecule has 4 nitrogen and oxygen atoms in total. The van der Waals surface area contributed by atoms with Gasteiger partial charge >= 0.3 is 12.2 Å². The first-order valence-electron chi connectivity index (χ1n) is 10.6. The molecule has 190 valence electrons. The van der Waals surface area contributed by atoms with Crippen molar-refractivity contribution < 1.29 is 22.8 Å². The van der Waals surface area contributed by atoms with Crippen LogP contribution in [0.5, 0.6) is 0 Å². The Morgan fingerprint density at radius 2 is 1.69 bits per heavy atom. The second-order valence-corrected chi connectivity index (χ2v) is 9.30. The van der Waals surface area contributed by atoms with Crippen LogP contribution in [0.25, 0.3) is 6.08 Å². The van der Waals surface area contributed by atoms with Gasteiger partial charge in [0.1, 0.15) is 0 Å². The summed E-state index contributed by atoms with van der Waals surface area (Å²) < 4.78 is 41.2. The standard InChI is InChI=1S/C24H23Cl4F3N2O2/c1-3-32-23(35)33(2)10-4-5-21(34)16-8-6-14(11-18(16)25)7-9-17(24(29,30)31)15-12-19(26)22(28)20(27)13-15/h6-9,11-13,17H,3-5,10H2,1-2H3,(H,32,35)/b9-7+. The SMILES string of the molecule is CCNC(=O)N(C)CCCC(=O)c1ccc(/C=C/C(c2cc(Cl)c(Cl)c(Cl)c2)C(F)(F)F)cc1Cl. The predicted octanol–water partition coefficient (Wildman–Crippen LogP) is 8.28. The van der Waals surface area contributed by atoms with E-state index in [2.05, 4.69) is 5.32 Å². The van der Waals surface area contributed by atoms with E-state index in [-0.39, 0.29) is 49.5 Å². The smallest absolute Gasteiger partial charge is 0.338 e. The highest BCUT2D eigenvalue weighted by molar-refractivity contribution is 6.48. The molecule has 2 rings (SSSR count). The fraction of sp³-hybridized carbons (Fsp3) is 0.333. The van der Waals surface area contributed by atoms with Gasteiger partial charge in [-0.15, -0.1) is 0 Å². The number of Topliss-reactive ketones (excluding diaryl/α,β-unsaturated/α-hetero) is 1. The highest BCUT2D eigenvalue weighted by atomic mass is 35.5. The molecule has 1 N–H and O–H groups in total. The zero-order valence-electron chi connectivity index (χ0n) is 18.9. The Bertz CT molecular complexity index is 1080. The van der Waals surface area contributed by atoms with Crippen molar-refractivity contribution in [3.63, 3.8) is 0 Å². The third-order valence-electron chi connectivity index (χ3n) is 5.06. The normalized spacial score (nSPS) is 12.6. The van der Waals surface area contributed by atoms with Crippen molar-refractivity contribution in [3.05, 3.63) is 73.2 Å². The first-order valence-corrected chi connectivity index (χ1v) is 12.1. The maximum Gasteiger partial charge on any atom is 0.399 e. The van der Waals surface area contributed by atoms with Gasteiger partial charge in [0, 0.05) is 32.1 Å². The molecular formula is C24H23Cl4F3N2O2. The van der Waals surface area contributed by atoms with Gasteiger partial charge in [-0.2, -0.15) is 13.2 Å². The number of ketones is 1. The van der Waals surface area contributed by atoms with Crippen LogP contribution in [0.15, 0.2) is 36.4 Å². The number of carbonyl (C=O) groups excluding carboxylic acids is 2. The molecule has 0 saturated carbocycles. The largest absolute Gasteiger partial charge is 0.399 e. The third-order valence-corrected chi connectivity index (χ3v) is 6.57. The van der Waals surface area contributed by atoms with Crippen LogP contribution < -0.4 is 5.32 Å². The van der Waals surface area contributed by atoms with Crippen molar-refractivity contribution in [2.75, 3.05) is 20.1 Å². The Hall–Kier alpha value is -1.93. The van der Waals surface area contributed by atoms with Crippen LogP contribution in [-0.2, 0) is 0 Å². The first kappa shape index (κ1) is 29.3. The van der Waals surface area contributed by atoms with E-state index < -0.39 is 12.1 Å². The van der Waals surface area contributed by atoms with Crippen molar-refractivity contribution in [1.29, 1.82) is 0 Å². The number of alkyl halides is 3. The van der Waals surface area contributed by atoms with Crippen LogP contribution in [0.4, 0.5) is 18.0 Å². The summed E-state index contributed by atoms with van der Waals surface area (Å²) in [7, 11) is 1.63. The fourth-order valence-electron chi connectivity index (χ4n) is 3.23. The van der Waals surface area contributed by atoms with Gasteiger partial charge in [-0.1, -0.05) is 64.6 Å². The van der Waals surface area contributed by atoms with E-state index in [1.807, 2.05) is 6.92 Å². The lowest BCUT2D eigenvalue weighted by atomic mass is 9.96. The molecule has 35 heavy (non-hydrogen) atoms. The van der Waals surface area contributed by atoms with Crippen LogP contribution >= 0.6 is 46.4 Å². The van der Waals surface area contributed by atoms with Crippen LogP contribution in [0.3, 0.4) is 0 Å². The average molecular weight is 570 g/mol. The van der Waals surface area contributed by atoms with Gasteiger partial charge in [0.25, 0.3) is 0 Å².